The molecular formula is C17H17FN6O4S. The Morgan fingerprint density at radius 2 is 1.97 bits per heavy atom. The quantitative estimate of drug-likeness (QED) is 0.615. The first-order chi connectivity index (χ1) is 13.8. The lowest BCUT2D eigenvalue weighted by Gasteiger charge is -2.12. The Hall–Kier alpha value is -3.38. The Morgan fingerprint density at radius 3 is 2.59 bits per heavy atom. The number of hydrogen-bond donors (Lipinski definition) is 2. The molecule has 3 rings (SSSR count). The van der Waals surface area contributed by atoms with Crippen molar-refractivity contribution in [2.45, 2.75) is 11.8 Å². The fourth-order valence-electron chi connectivity index (χ4n) is 2.55. The molecule has 1 aromatic heterocycles. The number of rotatable bonds is 6. The van der Waals surface area contributed by atoms with Gasteiger partial charge in [-0.2, -0.15) is 4.68 Å². The second-order valence-corrected chi connectivity index (χ2v) is 7.69. The van der Waals surface area contributed by atoms with Gasteiger partial charge in [-0.05, 0) is 60.8 Å². The van der Waals surface area contributed by atoms with E-state index in [1.54, 1.807) is 6.92 Å². The molecular weight excluding hydrogens is 403 g/mol. The standard InChI is InChI=1S/C17H17FN6O4S/c1-10-21-22-23-24(10)14-9-12(5-6-13(14)18)20-17(25)11-4-7-15(28-3)16(8-11)29(26,27)19-2/h4-9,19H,1-3H3,(H,20,25). The van der Waals surface area contributed by atoms with E-state index in [4.69, 9.17) is 4.74 Å². The highest BCUT2D eigenvalue weighted by atomic mass is 32.2. The van der Waals surface area contributed by atoms with Crippen LogP contribution in [0.2, 0.25) is 0 Å². The van der Waals surface area contributed by atoms with Gasteiger partial charge in [0.15, 0.2) is 5.82 Å². The van der Waals surface area contributed by atoms with Gasteiger partial charge in [0, 0.05) is 11.3 Å². The number of halogens is 1. The second kappa shape index (κ2) is 7.93. The van der Waals surface area contributed by atoms with Crippen molar-refractivity contribution in [1.82, 2.24) is 24.9 Å². The van der Waals surface area contributed by atoms with Crippen LogP contribution in [0.15, 0.2) is 41.3 Å². The first-order valence-electron chi connectivity index (χ1n) is 8.24. The number of benzene rings is 2. The number of tetrazole rings is 1. The average molecular weight is 420 g/mol. The summed E-state index contributed by atoms with van der Waals surface area (Å²) in [5.41, 5.74) is 0.401. The fourth-order valence-corrected chi connectivity index (χ4v) is 3.47. The van der Waals surface area contributed by atoms with E-state index in [1.807, 2.05) is 0 Å². The van der Waals surface area contributed by atoms with Crippen LogP contribution in [0.3, 0.4) is 0 Å². The number of carbonyl (C=O) groups excluding carboxylic acids is 1. The lowest BCUT2D eigenvalue weighted by atomic mass is 10.2. The summed E-state index contributed by atoms with van der Waals surface area (Å²) in [5.74, 6) is -0.713. The number of carbonyl (C=O) groups is 1. The summed E-state index contributed by atoms with van der Waals surface area (Å²) in [4.78, 5) is 12.4. The third kappa shape index (κ3) is 4.07. The van der Waals surface area contributed by atoms with Crippen molar-refractivity contribution in [1.29, 1.82) is 0 Å². The molecule has 152 valence electrons. The molecule has 1 amide bonds. The number of methoxy groups -OCH3 is 1. The monoisotopic (exact) mass is 420 g/mol. The molecule has 3 aromatic rings. The summed E-state index contributed by atoms with van der Waals surface area (Å²) in [5, 5.41) is 13.5. The minimum Gasteiger partial charge on any atom is -0.495 e. The Morgan fingerprint density at radius 1 is 1.21 bits per heavy atom. The fraction of sp³-hybridized carbons (Fsp3) is 0.176. The first-order valence-corrected chi connectivity index (χ1v) is 9.73. The predicted molar refractivity (Wildman–Crippen MR) is 101 cm³/mol. The number of aromatic nitrogens is 4. The molecule has 2 aromatic carbocycles. The number of amides is 1. The van der Waals surface area contributed by atoms with Gasteiger partial charge >= 0.3 is 0 Å². The van der Waals surface area contributed by atoms with Crippen molar-refractivity contribution in [3.8, 4) is 11.4 Å². The lowest BCUT2D eigenvalue weighted by molar-refractivity contribution is 0.102. The van der Waals surface area contributed by atoms with Gasteiger partial charge in [0.1, 0.15) is 22.1 Å². The van der Waals surface area contributed by atoms with Crippen molar-refractivity contribution in [3.05, 3.63) is 53.6 Å². The second-order valence-electron chi connectivity index (χ2n) is 5.83. The van der Waals surface area contributed by atoms with Crippen molar-refractivity contribution in [2.75, 3.05) is 19.5 Å². The van der Waals surface area contributed by atoms with Gasteiger partial charge in [0.05, 0.1) is 7.11 Å². The van der Waals surface area contributed by atoms with Crippen LogP contribution in [0.25, 0.3) is 5.69 Å². The highest BCUT2D eigenvalue weighted by Crippen LogP contribution is 2.25. The molecule has 0 radical (unpaired) electrons. The molecule has 10 nitrogen and oxygen atoms in total. The maximum Gasteiger partial charge on any atom is 0.255 e. The molecule has 0 aliphatic heterocycles. The number of nitrogens with one attached hydrogen (secondary N) is 2. The number of anilines is 1. The summed E-state index contributed by atoms with van der Waals surface area (Å²) in [6, 6.07) is 7.88. The zero-order chi connectivity index (χ0) is 21.2. The summed E-state index contributed by atoms with van der Waals surface area (Å²) in [6.45, 7) is 1.60. The van der Waals surface area contributed by atoms with E-state index in [-0.39, 0.29) is 27.6 Å². The van der Waals surface area contributed by atoms with E-state index in [1.165, 1.54) is 49.2 Å². The Balaban J connectivity index is 1.93. The largest absolute Gasteiger partial charge is 0.495 e. The molecule has 0 saturated carbocycles. The minimum atomic E-state index is -3.85. The van der Waals surface area contributed by atoms with E-state index in [2.05, 4.69) is 25.6 Å². The van der Waals surface area contributed by atoms with Crippen LogP contribution >= 0.6 is 0 Å². The molecule has 0 saturated heterocycles. The third-order valence-corrected chi connectivity index (χ3v) is 5.48. The van der Waals surface area contributed by atoms with Crippen molar-refractivity contribution in [3.63, 3.8) is 0 Å². The SMILES string of the molecule is CNS(=O)(=O)c1cc(C(=O)Nc2ccc(F)c(-n3nnnc3C)c2)ccc1OC. The lowest BCUT2D eigenvalue weighted by Crippen LogP contribution is -2.20. The summed E-state index contributed by atoms with van der Waals surface area (Å²) < 4.78 is 46.9. The van der Waals surface area contributed by atoms with Crippen molar-refractivity contribution >= 4 is 21.6 Å². The van der Waals surface area contributed by atoms with E-state index in [9.17, 15) is 17.6 Å². The minimum absolute atomic E-state index is 0.0541. The topological polar surface area (TPSA) is 128 Å². The van der Waals surface area contributed by atoms with Gasteiger partial charge in [0.25, 0.3) is 5.91 Å². The van der Waals surface area contributed by atoms with Crippen LogP contribution in [-0.2, 0) is 10.0 Å². The van der Waals surface area contributed by atoms with Crippen LogP contribution in [0.4, 0.5) is 10.1 Å². The molecule has 1 heterocycles. The van der Waals surface area contributed by atoms with E-state index < -0.39 is 21.7 Å². The molecule has 0 bridgehead atoms. The summed E-state index contributed by atoms with van der Waals surface area (Å²) in [6.07, 6.45) is 0. The van der Waals surface area contributed by atoms with Crippen LogP contribution in [0.5, 0.6) is 5.75 Å². The average Bonchev–Trinajstić information content (AvgIpc) is 3.14. The van der Waals surface area contributed by atoms with Crippen molar-refractivity contribution in [2.24, 2.45) is 0 Å². The third-order valence-electron chi connectivity index (χ3n) is 4.04. The van der Waals surface area contributed by atoms with Crippen LogP contribution in [0.1, 0.15) is 16.2 Å². The summed E-state index contributed by atoms with van der Waals surface area (Å²) in [7, 11) is -1.27. The van der Waals surface area contributed by atoms with Gasteiger partial charge in [0.2, 0.25) is 10.0 Å². The molecule has 0 atom stereocenters. The molecule has 2 N–H and O–H groups in total. The highest BCUT2D eigenvalue weighted by Gasteiger charge is 2.20. The number of aryl methyl sites for hydroxylation is 1. The zero-order valence-electron chi connectivity index (χ0n) is 15.7. The van der Waals surface area contributed by atoms with Gasteiger partial charge in [-0.15, -0.1) is 5.10 Å². The van der Waals surface area contributed by atoms with Gasteiger partial charge in [-0.3, -0.25) is 4.79 Å². The molecule has 0 aliphatic rings. The number of nitrogens with zero attached hydrogens (tertiary/aromatic N) is 4. The zero-order valence-corrected chi connectivity index (χ0v) is 16.5. The number of sulfonamides is 1. The van der Waals surface area contributed by atoms with Gasteiger partial charge < -0.3 is 10.1 Å². The smallest absolute Gasteiger partial charge is 0.255 e. The predicted octanol–water partition coefficient (Wildman–Crippen LogP) is 1.28. The molecule has 0 fully saturated rings. The van der Waals surface area contributed by atoms with Crippen LogP contribution < -0.4 is 14.8 Å². The van der Waals surface area contributed by atoms with Gasteiger partial charge in [-0.1, -0.05) is 0 Å². The maximum atomic E-state index is 14.2. The van der Waals surface area contributed by atoms with Crippen LogP contribution in [0, 0.1) is 12.7 Å². The van der Waals surface area contributed by atoms with E-state index in [0.29, 0.717) is 5.82 Å². The van der Waals surface area contributed by atoms with E-state index >= 15 is 0 Å². The molecule has 29 heavy (non-hydrogen) atoms. The molecule has 0 unspecified atom stereocenters. The molecule has 0 spiro atoms. The number of hydrogen-bond acceptors (Lipinski definition) is 7. The van der Waals surface area contributed by atoms with Crippen molar-refractivity contribution < 1.29 is 22.3 Å². The Bertz CT molecular complexity index is 1180. The first kappa shape index (κ1) is 20.4. The summed E-state index contributed by atoms with van der Waals surface area (Å²) >= 11 is 0. The molecule has 0 aliphatic carbocycles. The normalized spacial score (nSPS) is 11.3. The Labute approximate surface area is 165 Å². The Kier molecular flexibility index (Phi) is 5.57. The maximum absolute atomic E-state index is 14.2. The van der Waals surface area contributed by atoms with E-state index in [0.717, 1.165) is 6.07 Å². The van der Waals surface area contributed by atoms with Gasteiger partial charge in [-0.25, -0.2) is 17.5 Å². The number of ether oxygens (including phenoxy) is 1. The van der Waals surface area contributed by atoms with Crippen LogP contribution in [-0.4, -0.2) is 48.7 Å². The molecule has 12 heteroatoms. The highest BCUT2D eigenvalue weighted by molar-refractivity contribution is 7.89.